The number of hydrogen-bond acceptors (Lipinski definition) is 3. The number of rotatable bonds is 5. The van der Waals surface area contributed by atoms with Crippen LogP contribution in [-0.2, 0) is 0 Å². The number of carbonyl (C=O) groups excluding carboxylic acids is 1. The largest absolute Gasteiger partial charge is 0.477 e. The standard InChI is InChI=1S/C17H22N2O3/c20-16(13-8-9-18-15(10-13)17(21)22)19(14-6-7-14)11-12-4-2-1-3-5-12/h8-10,12,14H,1-7,11H2,(H,21,22). The van der Waals surface area contributed by atoms with Crippen LogP contribution in [0, 0.1) is 5.92 Å². The quantitative estimate of drug-likeness (QED) is 0.907. The maximum atomic E-state index is 12.8. The normalized spacial score (nSPS) is 18.9. The molecule has 1 aromatic rings. The highest BCUT2D eigenvalue weighted by Gasteiger charge is 2.34. The van der Waals surface area contributed by atoms with Gasteiger partial charge in [0.1, 0.15) is 5.69 Å². The molecule has 1 heterocycles. The van der Waals surface area contributed by atoms with Gasteiger partial charge in [-0.05, 0) is 43.7 Å². The molecule has 0 saturated heterocycles. The van der Waals surface area contributed by atoms with Gasteiger partial charge >= 0.3 is 5.97 Å². The van der Waals surface area contributed by atoms with Gasteiger partial charge in [0, 0.05) is 24.3 Å². The minimum atomic E-state index is -1.10. The Morgan fingerprint density at radius 3 is 2.55 bits per heavy atom. The van der Waals surface area contributed by atoms with Gasteiger partial charge in [-0.25, -0.2) is 9.78 Å². The molecule has 5 heteroatoms. The van der Waals surface area contributed by atoms with E-state index in [1.165, 1.54) is 44.4 Å². The fourth-order valence-corrected chi connectivity index (χ4v) is 3.28. The van der Waals surface area contributed by atoms with Crippen molar-refractivity contribution in [3.05, 3.63) is 29.6 Å². The van der Waals surface area contributed by atoms with Gasteiger partial charge < -0.3 is 10.0 Å². The van der Waals surface area contributed by atoms with Crippen molar-refractivity contribution in [3.8, 4) is 0 Å². The van der Waals surface area contributed by atoms with Gasteiger partial charge in [-0.15, -0.1) is 0 Å². The van der Waals surface area contributed by atoms with Crippen LogP contribution in [0.15, 0.2) is 18.3 Å². The number of carboxylic acids is 1. The first-order chi connectivity index (χ1) is 10.6. The van der Waals surface area contributed by atoms with Crippen LogP contribution in [0.2, 0.25) is 0 Å². The maximum absolute atomic E-state index is 12.8. The first-order valence-corrected chi connectivity index (χ1v) is 8.15. The van der Waals surface area contributed by atoms with E-state index in [1.54, 1.807) is 6.07 Å². The highest BCUT2D eigenvalue weighted by atomic mass is 16.4. The van der Waals surface area contributed by atoms with Crippen molar-refractivity contribution in [1.82, 2.24) is 9.88 Å². The molecule has 0 aliphatic heterocycles. The minimum absolute atomic E-state index is 0.0435. The second-order valence-electron chi connectivity index (χ2n) is 6.43. The number of carbonyl (C=O) groups is 2. The van der Waals surface area contributed by atoms with Gasteiger partial charge in [0.2, 0.25) is 0 Å². The van der Waals surface area contributed by atoms with E-state index in [2.05, 4.69) is 4.98 Å². The zero-order valence-corrected chi connectivity index (χ0v) is 12.7. The summed E-state index contributed by atoms with van der Waals surface area (Å²) in [6, 6.07) is 3.35. The Morgan fingerprint density at radius 2 is 1.91 bits per heavy atom. The molecule has 0 atom stereocenters. The highest BCUT2D eigenvalue weighted by Crippen LogP contribution is 2.32. The number of nitrogens with zero attached hydrogens (tertiary/aromatic N) is 2. The van der Waals surface area contributed by atoms with Crippen LogP contribution < -0.4 is 0 Å². The molecule has 0 bridgehead atoms. The highest BCUT2D eigenvalue weighted by molar-refractivity contribution is 5.97. The predicted octanol–water partition coefficient (Wildman–Crippen LogP) is 2.96. The maximum Gasteiger partial charge on any atom is 0.354 e. The third-order valence-corrected chi connectivity index (χ3v) is 4.65. The zero-order chi connectivity index (χ0) is 15.5. The van der Waals surface area contributed by atoms with E-state index in [-0.39, 0.29) is 11.6 Å². The van der Waals surface area contributed by atoms with E-state index >= 15 is 0 Å². The average Bonchev–Trinajstić information content (AvgIpc) is 3.38. The third kappa shape index (κ3) is 3.46. The Hall–Kier alpha value is -1.91. The van der Waals surface area contributed by atoms with Crippen LogP contribution >= 0.6 is 0 Å². The van der Waals surface area contributed by atoms with Crippen LogP contribution in [0.1, 0.15) is 65.8 Å². The van der Waals surface area contributed by atoms with Crippen LogP contribution in [0.25, 0.3) is 0 Å². The summed E-state index contributed by atoms with van der Waals surface area (Å²) in [5.41, 5.74) is 0.370. The molecule has 1 N–H and O–H groups in total. The molecule has 1 aromatic heterocycles. The lowest BCUT2D eigenvalue weighted by atomic mass is 9.89. The van der Waals surface area contributed by atoms with Gasteiger partial charge in [0.15, 0.2) is 0 Å². The number of aromatic nitrogens is 1. The van der Waals surface area contributed by atoms with Crippen molar-refractivity contribution in [2.75, 3.05) is 6.54 Å². The van der Waals surface area contributed by atoms with Crippen molar-refractivity contribution in [3.63, 3.8) is 0 Å². The van der Waals surface area contributed by atoms with E-state index in [0.717, 1.165) is 19.4 Å². The first-order valence-electron chi connectivity index (χ1n) is 8.15. The van der Waals surface area contributed by atoms with E-state index in [0.29, 0.717) is 17.5 Å². The monoisotopic (exact) mass is 302 g/mol. The Labute approximate surface area is 130 Å². The summed E-state index contributed by atoms with van der Waals surface area (Å²) in [5, 5.41) is 9.02. The molecule has 2 aliphatic rings. The summed E-state index contributed by atoms with van der Waals surface area (Å²) in [6.07, 6.45) is 9.76. The molecule has 0 radical (unpaired) electrons. The molecule has 5 nitrogen and oxygen atoms in total. The fourth-order valence-electron chi connectivity index (χ4n) is 3.28. The Kier molecular flexibility index (Phi) is 4.41. The SMILES string of the molecule is O=C(O)c1cc(C(=O)N(CC2CCCCC2)C2CC2)ccn1. The van der Waals surface area contributed by atoms with Gasteiger partial charge in [0.25, 0.3) is 5.91 Å². The fraction of sp³-hybridized carbons (Fsp3) is 0.588. The van der Waals surface area contributed by atoms with Crippen LogP contribution in [0.5, 0.6) is 0 Å². The predicted molar refractivity (Wildman–Crippen MR) is 81.8 cm³/mol. The van der Waals surface area contributed by atoms with Crippen molar-refractivity contribution >= 4 is 11.9 Å². The van der Waals surface area contributed by atoms with E-state index in [9.17, 15) is 9.59 Å². The summed E-state index contributed by atoms with van der Waals surface area (Å²) >= 11 is 0. The third-order valence-electron chi connectivity index (χ3n) is 4.65. The molecule has 3 rings (SSSR count). The summed E-state index contributed by atoms with van der Waals surface area (Å²) in [5.74, 6) is -0.544. The lowest BCUT2D eigenvalue weighted by molar-refractivity contribution is 0.0690. The molecule has 0 spiro atoms. The zero-order valence-electron chi connectivity index (χ0n) is 12.7. The van der Waals surface area contributed by atoms with Crippen LogP contribution in [0.3, 0.4) is 0 Å². The summed E-state index contributed by atoms with van der Waals surface area (Å²) in [7, 11) is 0. The Morgan fingerprint density at radius 1 is 1.18 bits per heavy atom. The Bertz CT molecular complexity index is 563. The lowest BCUT2D eigenvalue weighted by Crippen LogP contribution is -2.37. The molecule has 2 saturated carbocycles. The van der Waals surface area contributed by atoms with Gasteiger partial charge in [-0.3, -0.25) is 4.79 Å². The minimum Gasteiger partial charge on any atom is -0.477 e. The molecule has 0 aromatic carbocycles. The average molecular weight is 302 g/mol. The number of carboxylic acid groups (broad SMARTS) is 1. The van der Waals surface area contributed by atoms with Crippen LogP contribution in [-0.4, -0.2) is 39.5 Å². The van der Waals surface area contributed by atoms with Crippen molar-refractivity contribution in [2.24, 2.45) is 5.92 Å². The molecule has 2 aliphatic carbocycles. The second-order valence-corrected chi connectivity index (χ2v) is 6.43. The molecule has 22 heavy (non-hydrogen) atoms. The lowest BCUT2D eigenvalue weighted by Gasteiger charge is -2.30. The number of aromatic carboxylic acids is 1. The molecule has 0 unspecified atom stereocenters. The van der Waals surface area contributed by atoms with E-state index in [1.807, 2.05) is 4.90 Å². The molecular formula is C17H22N2O3. The number of hydrogen-bond donors (Lipinski definition) is 1. The van der Waals surface area contributed by atoms with Gasteiger partial charge in [0.05, 0.1) is 0 Å². The van der Waals surface area contributed by atoms with Gasteiger partial charge in [-0.2, -0.15) is 0 Å². The molecule has 2 fully saturated rings. The number of amides is 1. The van der Waals surface area contributed by atoms with Gasteiger partial charge in [-0.1, -0.05) is 19.3 Å². The topological polar surface area (TPSA) is 70.5 Å². The molecule has 118 valence electrons. The number of pyridine rings is 1. The van der Waals surface area contributed by atoms with Crippen molar-refractivity contribution in [1.29, 1.82) is 0 Å². The van der Waals surface area contributed by atoms with E-state index in [4.69, 9.17) is 5.11 Å². The van der Waals surface area contributed by atoms with E-state index < -0.39 is 5.97 Å². The summed E-state index contributed by atoms with van der Waals surface area (Å²) in [4.78, 5) is 29.6. The summed E-state index contributed by atoms with van der Waals surface area (Å²) in [6.45, 7) is 0.814. The Balaban J connectivity index is 1.74. The summed E-state index contributed by atoms with van der Waals surface area (Å²) < 4.78 is 0. The van der Waals surface area contributed by atoms with Crippen molar-refractivity contribution in [2.45, 2.75) is 51.0 Å². The second kappa shape index (κ2) is 6.46. The van der Waals surface area contributed by atoms with Crippen LogP contribution in [0.4, 0.5) is 0 Å². The molecular weight excluding hydrogens is 280 g/mol. The van der Waals surface area contributed by atoms with Crippen molar-refractivity contribution < 1.29 is 14.7 Å². The molecule has 1 amide bonds. The first kappa shape index (κ1) is 15.0. The smallest absolute Gasteiger partial charge is 0.354 e.